The Kier molecular flexibility index (Phi) is 5.03. The van der Waals surface area contributed by atoms with E-state index in [1.165, 1.54) is 0 Å². The van der Waals surface area contributed by atoms with Crippen molar-refractivity contribution in [2.24, 2.45) is 5.92 Å². The average molecular weight is 242 g/mol. The fraction of sp³-hybridized carbons (Fsp3) is 0.583. The molecule has 0 bridgehead atoms. The van der Waals surface area contributed by atoms with Crippen LogP contribution in [0.3, 0.4) is 0 Å². The van der Waals surface area contributed by atoms with Crippen LogP contribution >= 0.6 is 11.6 Å². The minimum Gasteiger partial charge on any atom is -0.383 e. The molecule has 0 aromatic carbocycles. The van der Waals surface area contributed by atoms with Crippen LogP contribution in [-0.2, 0) is 6.42 Å². The fourth-order valence-electron chi connectivity index (χ4n) is 1.54. The lowest BCUT2D eigenvalue weighted by Gasteiger charge is -2.15. The number of nitrogens with one attached hydrogen (secondary N) is 1. The summed E-state index contributed by atoms with van der Waals surface area (Å²) in [6.07, 6.45) is 2.48. The van der Waals surface area contributed by atoms with E-state index in [0.29, 0.717) is 22.8 Å². The van der Waals surface area contributed by atoms with Gasteiger partial charge >= 0.3 is 0 Å². The Morgan fingerprint density at radius 2 is 2.12 bits per heavy atom. The highest BCUT2D eigenvalue weighted by molar-refractivity contribution is 6.30. The van der Waals surface area contributed by atoms with Crippen molar-refractivity contribution in [3.05, 3.63) is 22.8 Å². The molecule has 0 radical (unpaired) electrons. The Morgan fingerprint density at radius 3 is 2.75 bits per heavy atom. The van der Waals surface area contributed by atoms with E-state index in [-0.39, 0.29) is 0 Å². The van der Waals surface area contributed by atoms with Gasteiger partial charge in [-0.2, -0.15) is 0 Å². The van der Waals surface area contributed by atoms with Gasteiger partial charge in [-0.05, 0) is 30.5 Å². The van der Waals surface area contributed by atoms with Crippen molar-refractivity contribution in [1.29, 1.82) is 0 Å². The molecular weight excluding hydrogens is 222 g/mol. The molecule has 0 amide bonds. The van der Waals surface area contributed by atoms with Crippen LogP contribution in [0.4, 0.5) is 5.82 Å². The number of hydrogen-bond donors (Lipinski definition) is 2. The van der Waals surface area contributed by atoms with Crippen molar-refractivity contribution in [1.82, 2.24) is 10.3 Å². The normalized spacial score (nSPS) is 13.1. The first-order valence-electron chi connectivity index (χ1n) is 5.62. The van der Waals surface area contributed by atoms with Gasteiger partial charge in [-0.3, -0.25) is 0 Å². The number of nitrogens with two attached hydrogens (primary N) is 1. The molecule has 3 N–H and O–H groups in total. The summed E-state index contributed by atoms with van der Waals surface area (Å²) in [5.41, 5.74) is 6.84. The molecule has 0 saturated carbocycles. The fourth-order valence-corrected chi connectivity index (χ4v) is 1.72. The van der Waals surface area contributed by atoms with Gasteiger partial charge in [0.05, 0.1) is 5.02 Å². The molecular formula is C12H20ClN3. The molecule has 0 aliphatic rings. The molecule has 1 heterocycles. The molecule has 90 valence electrons. The molecule has 0 spiro atoms. The lowest BCUT2D eigenvalue weighted by molar-refractivity contribution is 0.476. The zero-order valence-corrected chi connectivity index (χ0v) is 10.9. The van der Waals surface area contributed by atoms with Crippen LogP contribution < -0.4 is 11.1 Å². The van der Waals surface area contributed by atoms with Gasteiger partial charge in [-0.15, -0.1) is 0 Å². The van der Waals surface area contributed by atoms with Gasteiger partial charge in [0.25, 0.3) is 0 Å². The second kappa shape index (κ2) is 6.06. The zero-order valence-electron chi connectivity index (χ0n) is 10.1. The molecule has 4 heteroatoms. The minimum absolute atomic E-state index is 0.511. The van der Waals surface area contributed by atoms with E-state index >= 15 is 0 Å². The van der Waals surface area contributed by atoms with Crippen molar-refractivity contribution in [3.8, 4) is 0 Å². The Balaban J connectivity index is 2.55. The Labute approximate surface area is 102 Å². The maximum atomic E-state index is 5.89. The standard InChI is InChI=1S/C12H20ClN3/c1-8(2)15-6-9(3)4-10-5-11(13)7-16-12(10)14/h5,7-9,15H,4,6H2,1-3H3,(H2,14,16). The summed E-state index contributed by atoms with van der Waals surface area (Å²) < 4.78 is 0. The first-order valence-corrected chi connectivity index (χ1v) is 6.00. The van der Waals surface area contributed by atoms with Crippen LogP contribution in [0.15, 0.2) is 12.3 Å². The predicted molar refractivity (Wildman–Crippen MR) is 69.7 cm³/mol. The number of hydrogen-bond acceptors (Lipinski definition) is 3. The summed E-state index contributed by atoms with van der Waals surface area (Å²) in [4.78, 5) is 4.05. The van der Waals surface area contributed by atoms with Gasteiger partial charge in [-0.25, -0.2) is 4.98 Å². The molecule has 3 nitrogen and oxygen atoms in total. The van der Waals surface area contributed by atoms with E-state index in [2.05, 4.69) is 31.1 Å². The van der Waals surface area contributed by atoms with Gasteiger partial charge in [0, 0.05) is 12.2 Å². The monoisotopic (exact) mass is 241 g/mol. The third-order valence-corrected chi connectivity index (χ3v) is 2.62. The average Bonchev–Trinajstić information content (AvgIpc) is 2.20. The molecule has 16 heavy (non-hydrogen) atoms. The summed E-state index contributed by atoms with van der Waals surface area (Å²) in [6, 6.07) is 2.41. The largest absolute Gasteiger partial charge is 0.383 e. The number of halogens is 1. The summed E-state index contributed by atoms with van der Waals surface area (Å²) in [5.74, 6) is 1.10. The second-order valence-electron chi connectivity index (χ2n) is 4.57. The van der Waals surface area contributed by atoms with Gasteiger partial charge in [0.2, 0.25) is 0 Å². The van der Waals surface area contributed by atoms with E-state index in [1.54, 1.807) is 6.20 Å². The molecule has 1 aromatic heterocycles. The van der Waals surface area contributed by atoms with E-state index < -0.39 is 0 Å². The van der Waals surface area contributed by atoms with Crippen LogP contribution in [0.2, 0.25) is 5.02 Å². The van der Waals surface area contributed by atoms with Gasteiger partial charge in [0.1, 0.15) is 5.82 Å². The highest BCUT2D eigenvalue weighted by Crippen LogP contribution is 2.18. The molecule has 1 rings (SSSR count). The Morgan fingerprint density at radius 1 is 1.44 bits per heavy atom. The van der Waals surface area contributed by atoms with Crippen molar-refractivity contribution >= 4 is 17.4 Å². The van der Waals surface area contributed by atoms with Crippen molar-refractivity contribution in [2.45, 2.75) is 33.2 Å². The maximum Gasteiger partial charge on any atom is 0.126 e. The van der Waals surface area contributed by atoms with E-state index in [4.69, 9.17) is 17.3 Å². The van der Waals surface area contributed by atoms with Gasteiger partial charge in [0.15, 0.2) is 0 Å². The predicted octanol–water partition coefficient (Wildman–Crippen LogP) is 2.49. The lowest BCUT2D eigenvalue weighted by Crippen LogP contribution is -2.28. The quantitative estimate of drug-likeness (QED) is 0.833. The molecule has 0 saturated heterocycles. The zero-order chi connectivity index (χ0) is 12.1. The van der Waals surface area contributed by atoms with E-state index in [9.17, 15) is 0 Å². The summed E-state index contributed by atoms with van der Waals surface area (Å²) >= 11 is 5.89. The molecule has 1 atom stereocenters. The lowest BCUT2D eigenvalue weighted by atomic mass is 10.0. The summed E-state index contributed by atoms with van der Waals surface area (Å²) in [6.45, 7) is 7.45. The molecule has 0 aliphatic heterocycles. The van der Waals surface area contributed by atoms with Crippen molar-refractivity contribution < 1.29 is 0 Å². The van der Waals surface area contributed by atoms with E-state index in [1.807, 2.05) is 6.07 Å². The SMILES string of the molecule is CC(CNC(C)C)Cc1cc(Cl)cnc1N. The van der Waals surface area contributed by atoms with Crippen molar-refractivity contribution in [3.63, 3.8) is 0 Å². The first kappa shape index (κ1) is 13.3. The van der Waals surface area contributed by atoms with Crippen LogP contribution in [-0.4, -0.2) is 17.6 Å². The third kappa shape index (κ3) is 4.37. The van der Waals surface area contributed by atoms with Crippen LogP contribution in [0.5, 0.6) is 0 Å². The summed E-state index contributed by atoms with van der Waals surface area (Å²) in [7, 11) is 0. The Hall–Kier alpha value is -0.800. The summed E-state index contributed by atoms with van der Waals surface area (Å²) in [5, 5.41) is 4.05. The van der Waals surface area contributed by atoms with Gasteiger partial charge < -0.3 is 11.1 Å². The third-order valence-electron chi connectivity index (χ3n) is 2.41. The molecule has 0 aliphatic carbocycles. The number of nitrogen functional groups attached to an aromatic ring is 1. The number of aromatic nitrogens is 1. The minimum atomic E-state index is 0.511. The van der Waals surface area contributed by atoms with Crippen molar-refractivity contribution in [2.75, 3.05) is 12.3 Å². The van der Waals surface area contributed by atoms with Crippen LogP contribution in [0.1, 0.15) is 26.3 Å². The van der Waals surface area contributed by atoms with E-state index in [0.717, 1.165) is 18.5 Å². The number of nitrogens with zero attached hydrogens (tertiary/aromatic N) is 1. The first-order chi connectivity index (χ1) is 7.49. The number of pyridine rings is 1. The maximum absolute atomic E-state index is 5.89. The second-order valence-corrected chi connectivity index (χ2v) is 5.01. The Bertz CT molecular complexity index is 339. The number of anilines is 1. The molecule has 1 unspecified atom stereocenters. The van der Waals surface area contributed by atoms with Crippen LogP contribution in [0, 0.1) is 5.92 Å². The van der Waals surface area contributed by atoms with Crippen LogP contribution in [0.25, 0.3) is 0 Å². The highest BCUT2D eigenvalue weighted by Gasteiger charge is 2.08. The highest BCUT2D eigenvalue weighted by atomic mass is 35.5. The molecule has 1 aromatic rings. The topological polar surface area (TPSA) is 50.9 Å². The number of rotatable bonds is 5. The van der Waals surface area contributed by atoms with Gasteiger partial charge in [-0.1, -0.05) is 32.4 Å². The molecule has 0 fully saturated rings. The smallest absolute Gasteiger partial charge is 0.126 e.